The zero-order valence-electron chi connectivity index (χ0n) is 15.7. The Hall–Kier alpha value is -2.30. The van der Waals surface area contributed by atoms with Gasteiger partial charge in [-0.1, -0.05) is 47.0 Å². The van der Waals surface area contributed by atoms with Gasteiger partial charge in [0.25, 0.3) is 5.91 Å². The Labute approximate surface area is 169 Å². The Kier molecular flexibility index (Phi) is 5.59. The second kappa shape index (κ2) is 7.75. The molecule has 0 radical (unpaired) electrons. The maximum Gasteiger partial charge on any atom is 0.256 e. The van der Waals surface area contributed by atoms with Crippen LogP contribution in [0.4, 0.5) is 5.69 Å². The third kappa shape index (κ3) is 4.18. The van der Waals surface area contributed by atoms with E-state index in [1.807, 2.05) is 62.7 Å². The third-order valence-corrected chi connectivity index (χ3v) is 5.30. The molecular formula is C21H21Cl2N3O. The molecular weight excluding hydrogens is 381 g/mol. The molecule has 0 atom stereocenters. The van der Waals surface area contributed by atoms with Gasteiger partial charge in [0.05, 0.1) is 33.7 Å². The zero-order chi connectivity index (χ0) is 19.7. The summed E-state index contributed by atoms with van der Waals surface area (Å²) in [6.07, 6.45) is 0. The molecule has 0 aliphatic heterocycles. The number of aromatic nitrogens is 2. The van der Waals surface area contributed by atoms with E-state index in [0.29, 0.717) is 22.2 Å². The van der Waals surface area contributed by atoms with Gasteiger partial charge in [0.2, 0.25) is 0 Å². The molecule has 2 aromatic carbocycles. The summed E-state index contributed by atoms with van der Waals surface area (Å²) in [5.41, 5.74) is 6.12. The average Bonchev–Trinajstić information content (AvgIpc) is 2.85. The number of nitrogens with one attached hydrogen (secondary N) is 1. The molecule has 0 saturated carbocycles. The summed E-state index contributed by atoms with van der Waals surface area (Å²) in [5, 5.41) is 8.62. The number of anilines is 1. The van der Waals surface area contributed by atoms with Gasteiger partial charge < -0.3 is 5.32 Å². The number of carbonyl (C=O) groups is 1. The Morgan fingerprint density at radius 3 is 2.44 bits per heavy atom. The number of rotatable bonds is 4. The Morgan fingerprint density at radius 1 is 1.04 bits per heavy atom. The van der Waals surface area contributed by atoms with E-state index < -0.39 is 0 Å². The number of amides is 1. The number of nitrogens with zero attached hydrogens (tertiary/aromatic N) is 2. The molecule has 4 nitrogen and oxygen atoms in total. The molecule has 0 fully saturated rings. The highest BCUT2D eigenvalue weighted by atomic mass is 35.5. The van der Waals surface area contributed by atoms with Gasteiger partial charge in [-0.15, -0.1) is 0 Å². The molecule has 3 rings (SSSR count). The van der Waals surface area contributed by atoms with Gasteiger partial charge in [-0.05, 0) is 57.0 Å². The second-order valence-corrected chi connectivity index (χ2v) is 7.54. The maximum absolute atomic E-state index is 12.7. The lowest BCUT2D eigenvalue weighted by Crippen LogP contribution is -2.14. The van der Waals surface area contributed by atoms with E-state index >= 15 is 0 Å². The lowest BCUT2D eigenvalue weighted by atomic mass is 10.1. The van der Waals surface area contributed by atoms with Crippen LogP contribution in [0, 0.1) is 27.7 Å². The second-order valence-electron chi connectivity index (χ2n) is 6.72. The number of hydrogen-bond acceptors (Lipinski definition) is 2. The quantitative estimate of drug-likeness (QED) is 0.606. The lowest BCUT2D eigenvalue weighted by Gasteiger charge is -2.10. The number of aryl methyl sites for hydroxylation is 3. The molecule has 1 aromatic heterocycles. The molecule has 1 N–H and O–H groups in total. The van der Waals surface area contributed by atoms with Crippen LogP contribution in [0.1, 0.15) is 38.4 Å². The minimum atomic E-state index is -0.132. The van der Waals surface area contributed by atoms with Gasteiger partial charge in [-0.2, -0.15) is 5.10 Å². The van der Waals surface area contributed by atoms with Crippen LogP contribution in [0.5, 0.6) is 0 Å². The Bertz CT molecular complexity index is 1020. The van der Waals surface area contributed by atoms with Crippen molar-refractivity contribution in [2.45, 2.75) is 34.2 Å². The molecule has 0 aliphatic carbocycles. The van der Waals surface area contributed by atoms with Gasteiger partial charge in [0.15, 0.2) is 0 Å². The molecule has 1 heterocycles. The standard InChI is InChI=1S/C21H21Cl2N3O/c1-12-5-7-17(13(2)9-12)21(27)24-20-14(3)25-26(15(20)4)11-16-6-8-18(22)19(23)10-16/h5-10H,11H2,1-4H3,(H,24,27). The molecule has 0 bridgehead atoms. The summed E-state index contributed by atoms with van der Waals surface area (Å²) < 4.78 is 1.85. The van der Waals surface area contributed by atoms with E-state index in [9.17, 15) is 4.79 Å². The fourth-order valence-corrected chi connectivity index (χ4v) is 3.41. The van der Waals surface area contributed by atoms with Gasteiger partial charge >= 0.3 is 0 Å². The topological polar surface area (TPSA) is 46.9 Å². The first-order valence-electron chi connectivity index (χ1n) is 8.63. The van der Waals surface area contributed by atoms with Crippen LogP contribution < -0.4 is 5.32 Å². The molecule has 6 heteroatoms. The first kappa shape index (κ1) is 19.5. The SMILES string of the molecule is Cc1ccc(C(=O)Nc2c(C)nn(Cc3ccc(Cl)c(Cl)c3)c2C)c(C)c1. The summed E-state index contributed by atoms with van der Waals surface area (Å²) >= 11 is 12.1. The number of halogens is 2. The van der Waals surface area contributed by atoms with Crippen LogP contribution in [0.3, 0.4) is 0 Å². The van der Waals surface area contributed by atoms with Gasteiger partial charge in [-0.3, -0.25) is 9.48 Å². The first-order valence-corrected chi connectivity index (χ1v) is 9.38. The number of hydrogen-bond donors (Lipinski definition) is 1. The molecule has 0 unspecified atom stereocenters. The van der Waals surface area contributed by atoms with Crippen molar-refractivity contribution in [2.75, 3.05) is 5.32 Å². The van der Waals surface area contributed by atoms with Crippen molar-refractivity contribution in [2.24, 2.45) is 0 Å². The van der Waals surface area contributed by atoms with Gasteiger partial charge in [0, 0.05) is 5.56 Å². The van der Waals surface area contributed by atoms with Crippen molar-refractivity contribution in [3.8, 4) is 0 Å². The molecule has 3 aromatic rings. The normalized spacial score (nSPS) is 10.9. The minimum absolute atomic E-state index is 0.132. The van der Waals surface area contributed by atoms with Crippen LogP contribution >= 0.6 is 23.2 Å². The predicted octanol–water partition coefficient (Wildman–Crippen LogP) is 5.72. The van der Waals surface area contributed by atoms with Crippen molar-refractivity contribution in [1.82, 2.24) is 9.78 Å². The molecule has 140 valence electrons. The van der Waals surface area contributed by atoms with Crippen LogP contribution in [-0.2, 0) is 6.54 Å². The van der Waals surface area contributed by atoms with Crippen LogP contribution in [0.25, 0.3) is 0 Å². The third-order valence-electron chi connectivity index (χ3n) is 4.56. The van der Waals surface area contributed by atoms with Gasteiger partial charge in [-0.25, -0.2) is 0 Å². The van der Waals surface area contributed by atoms with Gasteiger partial charge in [0.1, 0.15) is 0 Å². The van der Waals surface area contributed by atoms with E-state index in [-0.39, 0.29) is 5.91 Å². The Morgan fingerprint density at radius 2 is 1.78 bits per heavy atom. The molecule has 0 saturated heterocycles. The molecule has 1 amide bonds. The van der Waals surface area contributed by atoms with Crippen molar-refractivity contribution in [1.29, 1.82) is 0 Å². The summed E-state index contributed by atoms with van der Waals surface area (Å²) in [4.78, 5) is 12.7. The fourth-order valence-electron chi connectivity index (χ4n) is 3.09. The summed E-state index contributed by atoms with van der Waals surface area (Å²) in [6, 6.07) is 11.3. The van der Waals surface area contributed by atoms with Crippen molar-refractivity contribution < 1.29 is 4.79 Å². The minimum Gasteiger partial charge on any atom is -0.319 e. The van der Waals surface area contributed by atoms with E-state index in [4.69, 9.17) is 23.2 Å². The highest BCUT2D eigenvalue weighted by Crippen LogP contribution is 2.25. The Balaban J connectivity index is 1.85. The maximum atomic E-state index is 12.7. The molecule has 0 aliphatic rings. The first-order chi connectivity index (χ1) is 12.8. The fraction of sp³-hybridized carbons (Fsp3) is 0.238. The largest absolute Gasteiger partial charge is 0.319 e. The van der Waals surface area contributed by atoms with Crippen LogP contribution in [0.2, 0.25) is 10.0 Å². The summed E-state index contributed by atoms with van der Waals surface area (Å²) in [5.74, 6) is -0.132. The van der Waals surface area contributed by atoms with Crippen molar-refractivity contribution in [3.63, 3.8) is 0 Å². The van der Waals surface area contributed by atoms with Crippen LogP contribution in [-0.4, -0.2) is 15.7 Å². The smallest absolute Gasteiger partial charge is 0.256 e. The zero-order valence-corrected chi connectivity index (χ0v) is 17.2. The van der Waals surface area contributed by atoms with E-state index in [0.717, 1.165) is 33.8 Å². The van der Waals surface area contributed by atoms with Crippen molar-refractivity contribution in [3.05, 3.63) is 80.1 Å². The predicted molar refractivity (Wildman–Crippen MR) is 111 cm³/mol. The molecule has 0 spiro atoms. The van der Waals surface area contributed by atoms with Crippen LogP contribution in [0.15, 0.2) is 36.4 Å². The average molecular weight is 402 g/mol. The van der Waals surface area contributed by atoms with Crippen molar-refractivity contribution >= 4 is 34.8 Å². The highest BCUT2D eigenvalue weighted by Gasteiger charge is 2.17. The summed E-state index contributed by atoms with van der Waals surface area (Å²) in [7, 11) is 0. The molecule has 27 heavy (non-hydrogen) atoms. The number of benzene rings is 2. The highest BCUT2D eigenvalue weighted by molar-refractivity contribution is 6.42. The summed E-state index contributed by atoms with van der Waals surface area (Å²) in [6.45, 7) is 8.32. The van der Waals surface area contributed by atoms with E-state index in [1.165, 1.54) is 0 Å². The van der Waals surface area contributed by atoms with E-state index in [1.54, 1.807) is 6.07 Å². The lowest BCUT2D eigenvalue weighted by molar-refractivity contribution is 0.102. The monoisotopic (exact) mass is 401 g/mol. The number of carbonyl (C=O) groups excluding carboxylic acids is 1. The van der Waals surface area contributed by atoms with E-state index in [2.05, 4.69) is 10.4 Å².